The zero-order valence-electron chi connectivity index (χ0n) is 11.8. The van der Waals surface area contributed by atoms with E-state index in [2.05, 4.69) is 5.32 Å². The normalized spacial score (nSPS) is 11.2. The van der Waals surface area contributed by atoms with Crippen LogP contribution in [0.2, 0.25) is 5.02 Å². The van der Waals surface area contributed by atoms with E-state index in [1.807, 2.05) is 13.8 Å². The van der Waals surface area contributed by atoms with Crippen LogP contribution in [0.5, 0.6) is 0 Å². The standard InChI is InChI=1S/C15H20ClNO3/c1-3-15(4-2,14(19)20)10-17-13(18)9-11-5-7-12(16)8-6-11/h5-8H,3-4,9-10H2,1-2H3,(H,17,18)(H,19,20). The maximum Gasteiger partial charge on any atom is 0.311 e. The van der Waals surface area contributed by atoms with E-state index in [0.29, 0.717) is 17.9 Å². The molecule has 0 heterocycles. The van der Waals surface area contributed by atoms with Crippen LogP contribution >= 0.6 is 11.6 Å². The van der Waals surface area contributed by atoms with Crippen molar-refractivity contribution in [1.82, 2.24) is 5.32 Å². The predicted molar refractivity (Wildman–Crippen MR) is 78.8 cm³/mol. The summed E-state index contributed by atoms with van der Waals surface area (Å²) in [6, 6.07) is 7.02. The van der Waals surface area contributed by atoms with Gasteiger partial charge in [-0.3, -0.25) is 9.59 Å². The average Bonchev–Trinajstić information content (AvgIpc) is 2.43. The first-order chi connectivity index (χ1) is 9.43. The fourth-order valence-electron chi connectivity index (χ4n) is 2.00. The first-order valence-corrected chi connectivity index (χ1v) is 7.06. The van der Waals surface area contributed by atoms with Crippen LogP contribution in [0.4, 0.5) is 0 Å². The van der Waals surface area contributed by atoms with E-state index in [-0.39, 0.29) is 18.9 Å². The van der Waals surface area contributed by atoms with Gasteiger partial charge in [0.2, 0.25) is 5.91 Å². The first kappa shape index (κ1) is 16.5. The number of hydrogen-bond donors (Lipinski definition) is 2. The molecule has 2 N–H and O–H groups in total. The lowest BCUT2D eigenvalue weighted by Gasteiger charge is -2.26. The number of carboxylic acids is 1. The fraction of sp³-hybridized carbons (Fsp3) is 0.467. The van der Waals surface area contributed by atoms with Gasteiger partial charge in [0.05, 0.1) is 11.8 Å². The number of nitrogens with one attached hydrogen (secondary N) is 1. The highest BCUT2D eigenvalue weighted by atomic mass is 35.5. The second-order valence-electron chi connectivity index (χ2n) is 4.87. The molecule has 1 aromatic carbocycles. The Morgan fingerprint density at radius 2 is 1.75 bits per heavy atom. The number of aliphatic carboxylic acids is 1. The van der Waals surface area contributed by atoms with Crippen molar-refractivity contribution in [3.8, 4) is 0 Å². The zero-order valence-corrected chi connectivity index (χ0v) is 12.5. The SMILES string of the molecule is CCC(CC)(CNC(=O)Cc1ccc(Cl)cc1)C(=O)O. The molecule has 20 heavy (non-hydrogen) atoms. The van der Waals surface area contributed by atoms with Crippen molar-refractivity contribution >= 4 is 23.5 Å². The van der Waals surface area contributed by atoms with Gasteiger partial charge in [0, 0.05) is 11.6 Å². The lowest BCUT2D eigenvalue weighted by atomic mass is 9.82. The molecule has 0 aliphatic rings. The van der Waals surface area contributed by atoms with Crippen LogP contribution in [-0.2, 0) is 16.0 Å². The number of carbonyl (C=O) groups is 2. The van der Waals surface area contributed by atoms with Gasteiger partial charge in [-0.15, -0.1) is 0 Å². The molecule has 1 amide bonds. The summed E-state index contributed by atoms with van der Waals surface area (Å²) in [6.07, 6.45) is 1.19. The zero-order chi connectivity index (χ0) is 15.2. The van der Waals surface area contributed by atoms with Gasteiger partial charge < -0.3 is 10.4 Å². The average molecular weight is 298 g/mol. The van der Waals surface area contributed by atoms with Crippen LogP contribution in [0.1, 0.15) is 32.3 Å². The van der Waals surface area contributed by atoms with Crippen molar-refractivity contribution in [2.45, 2.75) is 33.1 Å². The first-order valence-electron chi connectivity index (χ1n) is 6.68. The molecule has 0 saturated heterocycles. The molecule has 0 atom stereocenters. The molecule has 0 aliphatic heterocycles. The minimum absolute atomic E-state index is 0.155. The van der Waals surface area contributed by atoms with Crippen molar-refractivity contribution in [3.05, 3.63) is 34.9 Å². The topological polar surface area (TPSA) is 66.4 Å². The van der Waals surface area contributed by atoms with Crippen molar-refractivity contribution < 1.29 is 14.7 Å². The number of amides is 1. The van der Waals surface area contributed by atoms with E-state index in [9.17, 15) is 14.7 Å². The minimum atomic E-state index is -0.879. The lowest BCUT2D eigenvalue weighted by molar-refractivity contribution is -0.149. The monoisotopic (exact) mass is 297 g/mol. The van der Waals surface area contributed by atoms with Crippen LogP contribution in [-0.4, -0.2) is 23.5 Å². The lowest BCUT2D eigenvalue weighted by Crippen LogP contribution is -2.42. The van der Waals surface area contributed by atoms with Crippen molar-refractivity contribution in [1.29, 1.82) is 0 Å². The Balaban J connectivity index is 2.58. The molecule has 0 radical (unpaired) electrons. The van der Waals surface area contributed by atoms with Crippen molar-refractivity contribution in [2.75, 3.05) is 6.54 Å². The Hall–Kier alpha value is -1.55. The van der Waals surface area contributed by atoms with Crippen LogP contribution < -0.4 is 5.32 Å². The second-order valence-corrected chi connectivity index (χ2v) is 5.31. The molecule has 0 aromatic heterocycles. The molecule has 0 bridgehead atoms. The number of hydrogen-bond acceptors (Lipinski definition) is 2. The number of rotatable bonds is 7. The summed E-state index contributed by atoms with van der Waals surface area (Å²) >= 11 is 5.78. The molecule has 1 aromatic rings. The Bertz CT molecular complexity index is 467. The van der Waals surface area contributed by atoms with Crippen LogP contribution in [0, 0.1) is 5.41 Å². The van der Waals surface area contributed by atoms with Crippen LogP contribution in [0.25, 0.3) is 0 Å². The molecule has 0 unspecified atom stereocenters. The molecular weight excluding hydrogens is 278 g/mol. The maximum atomic E-state index is 11.9. The van der Waals surface area contributed by atoms with E-state index < -0.39 is 11.4 Å². The van der Waals surface area contributed by atoms with Gasteiger partial charge in [0.25, 0.3) is 0 Å². The van der Waals surface area contributed by atoms with E-state index in [1.54, 1.807) is 24.3 Å². The summed E-state index contributed by atoms with van der Waals surface area (Å²) in [5, 5.41) is 12.6. The molecule has 4 nitrogen and oxygen atoms in total. The largest absolute Gasteiger partial charge is 0.481 e. The molecule has 110 valence electrons. The van der Waals surface area contributed by atoms with Crippen LogP contribution in [0.3, 0.4) is 0 Å². The highest BCUT2D eigenvalue weighted by Gasteiger charge is 2.34. The third-order valence-electron chi connectivity index (χ3n) is 3.71. The number of carboxylic acid groups (broad SMARTS) is 1. The van der Waals surface area contributed by atoms with Gasteiger partial charge in [-0.05, 0) is 30.5 Å². The molecular formula is C15H20ClNO3. The summed E-state index contributed by atoms with van der Waals surface area (Å²) < 4.78 is 0. The van der Waals surface area contributed by atoms with Gasteiger partial charge in [-0.1, -0.05) is 37.6 Å². The number of benzene rings is 1. The Kier molecular flexibility index (Phi) is 6.02. The van der Waals surface area contributed by atoms with Crippen molar-refractivity contribution in [3.63, 3.8) is 0 Å². The molecule has 0 fully saturated rings. The van der Waals surface area contributed by atoms with Crippen molar-refractivity contribution in [2.24, 2.45) is 5.41 Å². The highest BCUT2D eigenvalue weighted by molar-refractivity contribution is 6.30. The third-order valence-corrected chi connectivity index (χ3v) is 3.96. The van der Waals surface area contributed by atoms with E-state index in [1.165, 1.54) is 0 Å². The second kappa shape index (κ2) is 7.29. The van der Waals surface area contributed by atoms with E-state index in [0.717, 1.165) is 5.56 Å². The smallest absolute Gasteiger partial charge is 0.311 e. The van der Waals surface area contributed by atoms with E-state index >= 15 is 0 Å². The summed E-state index contributed by atoms with van der Waals surface area (Å²) in [5.41, 5.74) is -0.0313. The molecule has 0 aliphatic carbocycles. The molecule has 5 heteroatoms. The summed E-state index contributed by atoms with van der Waals surface area (Å²) in [6.45, 7) is 3.80. The third kappa shape index (κ3) is 4.23. The Labute approximate surface area is 124 Å². The number of halogens is 1. The maximum absolute atomic E-state index is 11.9. The molecule has 0 saturated carbocycles. The highest BCUT2D eigenvalue weighted by Crippen LogP contribution is 2.25. The summed E-state index contributed by atoms with van der Waals surface area (Å²) in [7, 11) is 0. The van der Waals surface area contributed by atoms with Gasteiger partial charge in [-0.2, -0.15) is 0 Å². The van der Waals surface area contributed by atoms with E-state index in [4.69, 9.17) is 11.6 Å². The minimum Gasteiger partial charge on any atom is -0.481 e. The van der Waals surface area contributed by atoms with Gasteiger partial charge in [0.1, 0.15) is 0 Å². The Morgan fingerprint density at radius 1 is 1.20 bits per heavy atom. The van der Waals surface area contributed by atoms with Gasteiger partial charge in [0.15, 0.2) is 0 Å². The quantitative estimate of drug-likeness (QED) is 0.813. The molecule has 1 rings (SSSR count). The fourth-order valence-corrected chi connectivity index (χ4v) is 2.12. The Morgan fingerprint density at radius 3 is 2.20 bits per heavy atom. The van der Waals surface area contributed by atoms with Crippen LogP contribution in [0.15, 0.2) is 24.3 Å². The van der Waals surface area contributed by atoms with Gasteiger partial charge in [-0.25, -0.2) is 0 Å². The predicted octanol–water partition coefficient (Wildman–Crippen LogP) is 2.89. The number of carbonyl (C=O) groups excluding carboxylic acids is 1. The molecule has 0 spiro atoms. The summed E-state index contributed by atoms with van der Waals surface area (Å²) in [4.78, 5) is 23.2. The summed E-state index contributed by atoms with van der Waals surface area (Å²) in [5.74, 6) is -1.05. The van der Waals surface area contributed by atoms with Gasteiger partial charge >= 0.3 is 5.97 Å².